The third-order valence-electron chi connectivity index (χ3n) is 4.05. The number of aromatic nitrogens is 2. The van der Waals surface area contributed by atoms with Gasteiger partial charge in [-0.2, -0.15) is 0 Å². The lowest BCUT2D eigenvalue weighted by atomic mass is 10.3. The Morgan fingerprint density at radius 3 is 1.10 bits per heavy atom. The molecule has 3 heteroatoms. The van der Waals surface area contributed by atoms with Gasteiger partial charge in [0, 0.05) is 0 Å². The molecule has 0 aliphatic heterocycles. The summed E-state index contributed by atoms with van der Waals surface area (Å²) in [7, 11) is 0. The van der Waals surface area contributed by atoms with Crippen molar-refractivity contribution in [1.82, 2.24) is 7.10 Å². The van der Waals surface area contributed by atoms with Gasteiger partial charge in [0.2, 0.25) is 0 Å². The Kier molecular flexibility index (Phi) is 7.93. The lowest BCUT2D eigenvalue weighted by Crippen LogP contribution is -2.24. The van der Waals surface area contributed by atoms with E-state index >= 15 is 0 Å². The van der Waals surface area contributed by atoms with Gasteiger partial charge in [0.1, 0.15) is 0 Å². The van der Waals surface area contributed by atoms with E-state index in [2.05, 4.69) is 66.0 Å². The van der Waals surface area contributed by atoms with Crippen LogP contribution in [-0.2, 0) is 25.7 Å². The Labute approximate surface area is 137 Å². The maximum absolute atomic E-state index is 3.25. The molecule has 115 valence electrons. The molecule has 0 bridgehead atoms. The van der Waals surface area contributed by atoms with E-state index in [-0.39, 0.29) is 0 Å². The molecular weight excluding hydrogens is 271 g/mol. The van der Waals surface area contributed by atoms with Gasteiger partial charge in [-0.25, -0.2) is 0 Å². The molecule has 0 saturated heterocycles. The Bertz CT molecular complexity index is 446. The maximum atomic E-state index is 3.25. The van der Waals surface area contributed by atoms with Crippen LogP contribution in [0, 0.1) is 6.92 Å². The van der Waals surface area contributed by atoms with E-state index in [4.69, 9.17) is 0 Å². The zero-order valence-corrected chi connectivity index (χ0v) is 15.9. The Morgan fingerprint density at radius 2 is 0.905 bits per heavy atom. The smallest absolute Gasteiger partial charge is 0.425 e. The third-order valence-corrected chi connectivity index (χ3v) is 6.25. The van der Waals surface area contributed by atoms with Crippen LogP contribution in [-0.4, -0.2) is 22.8 Å². The number of hydrogen-bond donors (Lipinski definition) is 0. The highest BCUT2D eigenvalue weighted by atomic mass is 27.1. The largest absolute Gasteiger partial charge is 0.557 e. The van der Waals surface area contributed by atoms with E-state index in [0.29, 0.717) is 0 Å². The number of hydrogen-bond acceptors (Lipinski definition) is 0. The van der Waals surface area contributed by atoms with Gasteiger partial charge in [0.15, 0.2) is 0 Å². The molecule has 0 N–H and O–H groups in total. The summed E-state index contributed by atoms with van der Waals surface area (Å²) in [4.78, 5) is 0. The molecule has 0 amide bonds. The average molecular weight is 301 g/mol. The van der Waals surface area contributed by atoms with Crippen molar-refractivity contribution in [2.24, 2.45) is 0 Å². The van der Waals surface area contributed by atoms with Crippen LogP contribution in [0.2, 0.25) is 0 Å². The molecule has 2 nitrogen and oxygen atoms in total. The van der Waals surface area contributed by atoms with Gasteiger partial charge in [0.25, 0.3) is 0 Å². The zero-order chi connectivity index (χ0) is 15.8. The van der Waals surface area contributed by atoms with E-state index in [1.54, 1.807) is 6.92 Å². The first-order valence-electron chi connectivity index (χ1n) is 8.30. The van der Waals surface area contributed by atoms with Gasteiger partial charge in [-0.1, -0.05) is 41.5 Å². The topological polar surface area (TPSA) is 9.86 Å². The minimum absolute atomic E-state index is 0.476. The summed E-state index contributed by atoms with van der Waals surface area (Å²) in [5.74, 6) is 0. The first kappa shape index (κ1) is 18.1. The summed E-state index contributed by atoms with van der Waals surface area (Å²) in [6.45, 7) is 14.0. The lowest BCUT2D eigenvalue weighted by molar-refractivity contribution is 0.870. The van der Waals surface area contributed by atoms with Crippen LogP contribution in [0.5, 0.6) is 0 Å². The van der Waals surface area contributed by atoms with Gasteiger partial charge >= 0.3 is 15.7 Å². The van der Waals surface area contributed by atoms with Gasteiger partial charge in [-0.05, 0) is 72.7 Å². The lowest BCUT2D eigenvalue weighted by Gasteiger charge is -2.16. The highest BCUT2D eigenvalue weighted by Crippen LogP contribution is 2.14. The molecule has 0 aliphatic rings. The molecule has 2 rings (SSSR count). The summed E-state index contributed by atoms with van der Waals surface area (Å²) < 4.78 is 5.25. The minimum atomic E-state index is -0.476. The molecule has 0 spiro atoms. The van der Waals surface area contributed by atoms with E-state index in [9.17, 15) is 0 Å². The van der Waals surface area contributed by atoms with E-state index < -0.39 is 15.7 Å². The van der Waals surface area contributed by atoms with Gasteiger partial charge < -0.3 is 7.10 Å². The van der Waals surface area contributed by atoms with Crippen molar-refractivity contribution in [3.63, 3.8) is 0 Å². The summed E-state index contributed by atoms with van der Waals surface area (Å²) in [6.07, 6.45) is 4.54. The second kappa shape index (κ2) is 9.18. The molecule has 2 aromatic rings. The Hall–Kier alpha value is -0.908. The van der Waals surface area contributed by atoms with Gasteiger partial charge in [0.05, 0.1) is 0 Å². The molecule has 2 heterocycles. The van der Waals surface area contributed by atoms with Crippen LogP contribution in [0.1, 0.15) is 57.4 Å². The molecule has 2 aromatic heterocycles. The first-order chi connectivity index (χ1) is 10.2. The molecule has 0 saturated carbocycles. The molecule has 21 heavy (non-hydrogen) atoms. The van der Waals surface area contributed by atoms with Crippen LogP contribution < -0.4 is 0 Å². The third kappa shape index (κ3) is 4.05. The molecule has 0 aliphatic carbocycles. The van der Waals surface area contributed by atoms with E-state index in [1.165, 1.54) is 22.8 Å². The first-order valence-corrected chi connectivity index (χ1v) is 9.56. The van der Waals surface area contributed by atoms with Crippen molar-refractivity contribution in [3.05, 3.63) is 54.0 Å². The Balaban J connectivity index is 0.00000106. The quantitative estimate of drug-likeness (QED) is 0.713. The van der Waals surface area contributed by atoms with Crippen molar-refractivity contribution in [2.45, 2.75) is 60.3 Å². The number of nitrogens with zero attached hydrogens (tertiary/aromatic N) is 2. The number of rotatable bonds is 6. The van der Waals surface area contributed by atoms with Crippen LogP contribution >= 0.6 is 0 Å². The van der Waals surface area contributed by atoms with Crippen molar-refractivity contribution < 1.29 is 0 Å². The highest BCUT2D eigenvalue weighted by Gasteiger charge is 2.14. The second-order valence-corrected chi connectivity index (χ2v) is 6.59. The fourth-order valence-electron chi connectivity index (χ4n) is 2.85. The van der Waals surface area contributed by atoms with E-state index in [0.717, 1.165) is 25.7 Å². The predicted octanol–water partition coefficient (Wildman–Crippen LogP) is 4.04. The monoisotopic (exact) mass is 301 g/mol. The summed E-state index contributed by atoms with van der Waals surface area (Å²) in [5.41, 5.74) is 6.00. The van der Waals surface area contributed by atoms with Crippen molar-refractivity contribution >= 4 is 15.7 Å². The zero-order valence-electron chi connectivity index (χ0n) is 14.4. The summed E-state index contributed by atoms with van der Waals surface area (Å²) in [6, 6.07) is 9.25. The van der Waals surface area contributed by atoms with Gasteiger partial charge in [-0.3, -0.25) is 0 Å². The van der Waals surface area contributed by atoms with Crippen LogP contribution in [0.25, 0.3) is 0 Å². The fourth-order valence-corrected chi connectivity index (χ4v) is 5.18. The van der Waals surface area contributed by atoms with Crippen molar-refractivity contribution in [3.8, 4) is 0 Å². The van der Waals surface area contributed by atoms with Crippen LogP contribution in [0.3, 0.4) is 0 Å². The number of aryl methyl sites for hydroxylation is 4. The van der Waals surface area contributed by atoms with Crippen molar-refractivity contribution in [1.29, 1.82) is 0 Å². The fraction of sp³-hybridized carbons (Fsp3) is 0.500. The molecule has 0 fully saturated rings. The summed E-state index contributed by atoms with van der Waals surface area (Å²) in [5, 5.41) is 0. The summed E-state index contributed by atoms with van der Waals surface area (Å²) >= 11 is -0.476. The molecule has 0 unspecified atom stereocenters. The molecule has 1 radical (unpaired) electrons. The second-order valence-electron chi connectivity index (χ2n) is 5.04. The van der Waals surface area contributed by atoms with E-state index in [1.807, 2.05) is 0 Å². The SMILES string of the molecule is CCc1ccc(CC)[n]1[AlH][n]1c(CC)ccc1CC.[CH2]C. The van der Waals surface area contributed by atoms with Crippen LogP contribution in [0.4, 0.5) is 0 Å². The van der Waals surface area contributed by atoms with Crippen molar-refractivity contribution in [2.75, 3.05) is 0 Å². The standard InChI is InChI=1S/2C8H12N.C2H5.Al.H/c2*1-3-7-5-6-8(4-2)9-7;1-2;;/h2*5-6H,3-4H2,1-2H3;1H2,2H3;;/q2*-1;;+2;. The Morgan fingerprint density at radius 1 is 0.667 bits per heavy atom. The predicted molar refractivity (Wildman–Crippen MR) is 95.4 cm³/mol. The van der Waals surface area contributed by atoms with Gasteiger partial charge in [-0.15, -0.1) is 0 Å². The maximum Gasteiger partial charge on any atom is 0.557 e. The molecular formula is C18H30AlN2. The minimum Gasteiger partial charge on any atom is -0.425 e. The highest BCUT2D eigenvalue weighted by molar-refractivity contribution is 6.32. The van der Waals surface area contributed by atoms with Crippen LogP contribution in [0.15, 0.2) is 24.3 Å². The average Bonchev–Trinajstić information content (AvgIpc) is 3.12. The normalized spacial score (nSPS) is 10.2. The molecule has 0 aromatic carbocycles. The molecule has 0 atom stereocenters.